The Morgan fingerprint density at radius 2 is 2.22 bits per heavy atom. The Morgan fingerprint density at radius 1 is 1.78 bits per heavy atom. The summed E-state index contributed by atoms with van der Waals surface area (Å²) < 4.78 is 0. The summed E-state index contributed by atoms with van der Waals surface area (Å²) in [5.41, 5.74) is 0. The van der Waals surface area contributed by atoms with Crippen molar-refractivity contribution in [3.05, 3.63) is 0 Å². The zero-order valence-corrected chi connectivity index (χ0v) is 5.07. The number of rotatable bonds is 2. The van der Waals surface area contributed by atoms with Gasteiger partial charge in [-0.15, -0.1) is 0 Å². The van der Waals surface area contributed by atoms with Crippen LogP contribution in [0.1, 0.15) is 6.92 Å². The molecule has 0 aromatic carbocycles. The van der Waals surface area contributed by atoms with Gasteiger partial charge in [-0.2, -0.15) is 0 Å². The second-order valence-corrected chi connectivity index (χ2v) is 1.37. The molecule has 1 amide bonds. The smallest absolute Gasteiger partial charge is 0.237 e. The van der Waals surface area contributed by atoms with E-state index in [4.69, 9.17) is 5.21 Å². The third kappa shape index (κ3) is 2.38. The second-order valence-electron chi connectivity index (χ2n) is 1.37. The van der Waals surface area contributed by atoms with Crippen LogP contribution >= 0.6 is 0 Å². The first-order valence-electron chi connectivity index (χ1n) is 2.12. The van der Waals surface area contributed by atoms with Crippen LogP contribution in [0.3, 0.4) is 0 Å². The van der Waals surface area contributed by atoms with Gasteiger partial charge in [-0.3, -0.25) is 10.0 Å². The minimum absolute atomic E-state index is 0.206. The molecule has 54 valence electrons. The lowest BCUT2D eigenvalue weighted by atomic mass is 10.7. The van der Waals surface area contributed by atoms with Crippen LogP contribution in [0.15, 0.2) is 0 Å². The maximum Gasteiger partial charge on any atom is 0.237 e. The van der Waals surface area contributed by atoms with E-state index in [9.17, 15) is 10.1 Å². The molecule has 0 aliphatic rings. The van der Waals surface area contributed by atoms with Gasteiger partial charge in [-0.05, 0) is 0 Å². The summed E-state index contributed by atoms with van der Waals surface area (Å²) in [7, 11) is 1.18. The van der Waals surface area contributed by atoms with Gasteiger partial charge in [0.15, 0.2) is 0 Å². The molecule has 9 heavy (non-hydrogen) atoms. The molecule has 0 aromatic heterocycles. The molecular weight excluding hydrogens is 128 g/mol. The van der Waals surface area contributed by atoms with Crippen molar-refractivity contribution in [1.29, 1.82) is 0 Å². The first-order chi connectivity index (χ1) is 4.09. The van der Waals surface area contributed by atoms with E-state index in [2.05, 4.69) is 4.99 Å². The number of carbonyl (C=O) groups excluding carboxylic acids is 1. The van der Waals surface area contributed by atoms with Crippen molar-refractivity contribution in [3.63, 3.8) is 0 Å². The molecule has 0 aliphatic carbocycles. The molecule has 0 radical (unpaired) electrons. The highest BCUT2D eigenvalue weighted by molar-refractivity contribution is 5.71. The standard InChI is InChI=1S/C3H8N2O4/c1-3(6)4(2)5(7)9-8/h7-8H,1-2H3/p-1. The lowest BCUT2D eigenvalue weighted by Crippen LogP contribution is -2.42. The summed E-state index contributed by atoms with van der Waals surface area (Å²) >= 11 is 0. The largest absolute Gasteiger partial charge is 0.701 e. The van der Waals surface area contributed by atoms with Gasteiger partial charge in [-0.25, -0.2) is 5.01 Å². The molecule has 0 heterocycles. The van der Waals surface area contributed by atoms with Crippen molar-refractivity contribution in [2.75, 3.05) is 7.05 Å². The molecule has 0 saturated heterocycles. The molecule has 6 nitrogen and oxygen atoms in total. The van der Waals surface area contributed by atoms with Crippen molar-refractivity contribution in [2.24, 2.45) is 0 Å². The van der Waals surface area contributed by atoms with Gasteiger partial charge >= 0.3 is 0 Å². The van der Waals surface area contributed by atoms with E-state index in [1.54, 1.807) is 0 Å². The topological polar surface area (TPSA) is 76.1 Å². The van der Waals surface area contributed by atoms with Gasteiger partial charge in [0.05, 0.1) is 0 Å². The minimum atomic E-state index is -0.506. The first kappa shape index (κ1) is 8.31. The van der Waals surface area contributed by atoms with E-state index < -0.39 is 5.91 Å². The summed E-state index contributed by atoms with van der Waals surface area (Å²) in [4.78, 5) is 13.3. The van der Waals surface area contributed by atoms with Crippen LogP contribution in [0.4, 0.5) is 0 Å². The van der Waals surface area contributed by atoms with E-state index in [0.717, 1.165) is 0 Å². The van der Waals surface area contributed by atoms with E-state index in [1.165, 1.54) is 14.0 Å². The SMILES string of the molecule is CC(=O)N(C)N(O)O[O-]. The molecule has 0 unspecified atom stereocenters. The average molecular weight is 135 g/mol. The Labute approximate surface area is 51.7 Å². The van der Waals surface area contributed by atoms with Gasteiger partial charge in [0, 0.05) is 19.3 Å². The normalized spacial score (nSPS) is 9.89. The van der Waals surface area contributed by atoms with Gasteiger partial charge in [0.1, 0.15) is 0 Å². The first-order valence-corrected chi connectivity index (χ1v) is 2.12. The second kappa shape index (κ2) is 3.36. The number of hydrazine groups is 1. The van der Waals surface area contributed by atoms with Gasteiger partial charge in [-0.1, -0.05) is 0 Å². The Morgan fingerprint density at radius 3 is 2.33 bits per heavy atom. The Hall–Kier alpha value is -0.690. The molecular formula is C3H7N2O4-. The molecule has 0 aliphatic heterocycles. The molecule has 1 N–H and O–H groups in total. The number of amides is 1. The maximum atomic E-state index is 10.2. The predicted octanol–water partition coefficient (Wildman–Crippen LogP) is -1.72. The van der Waals surface area contributed by atoms with Crippen molar-refractivity contribution in [2.45, 2.75) is 6.92 Å². The maximum absolute atomic E-state index is 10.2. The molecule has 0 aromatic rings. The van der Waals surface area contributed by atoms with Crippen molar-refractivity contribution in [3.8, 4) is 0 Å². The predicted molar refractivity (Wildman–Crippen MR) is 23.2 cm³/mol. The highest BCUT2D eigenvalue weighted by Gasteiger charge is 2.06. The Balaban J connectivity index is 3.72. The quantitative estimate of drug-likeness (QED) is 0.360. The number of nitrogens with zero attached hydrogens (tertiary/aromatic N) is 2. The fourth-order valence-corrected chi connectivity index (χ4v) is 0.170. The molecule has 6 heteroatoms. The molecule has 0 spiro atoms. The molecule has 0 rings (SSSR count). The number of hydrogen-bond donors (Lipinski definition) is 1. The van der Waals surface area contributed by atoms with E-state index in [1.807, 2.05) is 0 Å². The zero-order valence-electron chi connectivity index (χ0n) is 5.07. The molecule has 0 atom stereocenters. The highest BCUT2D eigenvalue weighted by atomic mass is 17.3. The van der Waals surface area contributed by atoms with Crippen LogP contribution < -0.4 is 5.26 Å². The minimum Gasteiger partial charge on any atom is -0.701 e. The van der Waals surface area contributed by atoms with Gasteiger partial charge in [0.25, 0.3) is 0 Å². The summed E-state index contributed by atoms with van der Waals surface area (Å²) in [6.45, 7) is 1.17. The number of hydrogen-bond acceptors (Lipinski definition) is 5. The monoisotopic (exact) mass is 135 g/mol. The van der Waals surface area contributed by atoms with Crippen LogP contribution in [0.25, 0.3) is 0 Å². The van der Waals surface area contributed by atoms with Crippen LogP contribution in [-0.2, 0) is 9.78 Å². The van der Waals surface area contributed by atoms with Gasteiger partial charge < -0.3 is 10.2 Å². The third-order valence-electron chi connectivity index (χ3n) is 0.779. The fourth-order valence-electron chi connectivity index (χ4n) is 0.170. The zero-order chi connectivity index (χ0) is 7.44. The molecule has 0 bridgehead atoms. The average Bonchev–Trinajstić information content (AvgIpc) is 1.84. The summed E-state index contributed by atoms with van der Waals surface area (Å²) in [6.07, 6.45) is 0. The van der Waals surface area contributed by atoms with Crippen LogP contribution in [0.2, 0.25) is 0 Å². The molecule has 0 saturated carbocycles. The van der Waals surface area contributed by atoms with Crippen LogP contribution in [-0.4, -0.2) is 28.5 Å². The number of carbonyl (C=O) groups is 1. The fraction of sp³-hybridized carbons (Fsp3) is 0.667. The summed E-state index contributed by atoms with van der Waals surface area (Å²) in [6, 6.07) is 0. The van der Waals surface area contributed by atoms with Gasteiger partial charge in [0.2, 0.25) is 5.91 Å². The summed E-state index contributed by atoms with van der Waals surface area (Å²) in [5.74, 6) is -0.506. The Kier molecular flexibility index (Phi) is 3.10. The Bertz CT molecular complexity index is 106. The summed E-state index contributed by atoms with van der Waals surface area (Å²) in [5, 5.41) is 18.1. The highest BCUT2D eigenvalue weighted by Crippen LogP contribution is 1.86. The lowest BCUT2D eigenvalue weighted by Gasteiger charge is -2.24. The van der Waals surface area contributed by atoms with E-state index >= 15 is 0 Å². The van der Waals surface area contributed by atoms with Crippen molar-refractivity contribution >= 4 is 5.91 Å². The lowest BCUT2D eigenvalue weighted by molar-refractivity contribution is -0.802. The third-order valence-corrected chi connectivity index (χ3v) is 0.779. The van der Waals surface area contributed by atoms with Crippen LogP contribution in [0, 0.1) is 0 Å². The molecule has 0 fully saturated rings. The van der Waals surface area contributed by atoms with Crippen molar-refractivity contribution < 1.29 is 20.2 Å². The van der Waals surface area contributed by atoms with E-state index in [-0.39, 0.29) is 5.34 Å². The van der Waals surface area contributed by atoms with Crippen molar-refractivity contribution in [1.82, 2.24) is 10.3 Å². The van der Waals surface area contributed by atoms with E-state index in [0.29, 0.717) is 5.01 Å². The van der Waals surface area contributed by atoms with Crippen LogP contribution in [0.5, 0.6) is 0 Å².